The first-order valence-corrected chi connectivity index (χ1v) is 11.1. The SMILES string of the molecule is COc1cc(C(=O)CCCC(=O)O)cc(OC)c1OC.Cn1c(C(=O)O)c(CC(=O)O)c2ccccc21. The molecule has 3 rings (SSSR count). The van der Waals surface area contributed by atoms with Gasteiger partial charge in [-0.1, -0.05) is 18.2 Å². The highest BCUT2D eigenvalue weighted by Gasteiger charge is 2.21. The molecule has 2 aromatic carbocycles. The number of para-hydroxylation sites is 1. The molecule has 0 atom stereocenters. The molecule has 0 saturated heterocycles. The van der Waals surface area contributed by atoms with Crippen molar-refractivity contribution in [2.45, 2.75) is 25.7 Å². The lowest BCUT2D eigenvalue weighted by atomic mass is 10.0. The summed E-state index contributed by atoms with van der Waals surface area (Å²) in [6.45, 7) is 0. The number of Topliss-reactive ketones (excluding diaryl/α,β-unsaturated/α-hetero) is 1. The topological polar surface area (TPSA) is 162 Å². The summed E-state index contributed by atoms with van der Waals surface area (Å²) in [5.74, 6) is -2.02. The highest BCUT2D eigenvalue weighted by Crippen LogP contribution is 2.38. The molecule has 37 heavy (non-hydrogen) atoms. The van der Waals surface area contributed by atoms with Crippen LogP contribution in [0.4, 0.5) is 0 Å². The fourth-order valence-electron chi connectivity index (χ4n) is 3.86. The first kappa shape index (κ1) is 28.7. The lowest BCUT2D eigenvalue weighted by Crippen LogP contribution is -2.10. The summed E-state index contributed by atoms with van der Waals surface area (Å²) in [5.41, 5.74) is 1.52. The third-order valence-corrected chi connectivity index (χ3v) is 5.52. The molecule has 0 saturated carbocycles. The maximum absolute atomic E-state index is 12.0. The van der Waals surface area contributed by atoms with Crippen molar-refractivity contribution in [3.63, 3.8) is 0 Å². The number of rotatable bonds is 11. The van der Waals surface area contributed by atoms with Crippen molar-refractivity contribution in [1.82, 2.24) is 4.57 Å². The minimum absolute atomic E-state index is 0.0316. The van der Waals surface area contributed by atoms with E-state index in [1.54, 1.807) is 43.4 Å². The number of ketones is 1. The first-order chi connectivity index (χ1) is 17.5. The van der Waals surface area contributed by atoms with Gasteiger partial charge in [-0.2, -0.15) is 0 Å². The minimum atomic E-state index is -1.11. The molecule has 1 aromatic heterocycles. The molecule has 0 aliphatic heterocycles. The van der Waals surface area contributed by atoms with Crippen molar-refractivity contribution in [2.75, 3.05) is 21.3 Å². The van der Waals surface area contributed by atoms with E-state index in [4.69, 9.17) is 29.5 Å². The average Bonchev–Trinajstić information content (AvgIpc) is 3.14. The molecule has 1 heterocycles. The third-order valence-electron chi connectivity index (χ3n) is 5.52. The molecule has 0 unspecified atom stereocenters. The number of nitrogens with zero attached hydrogens (tertiary/aromatic N) is 1. The van der Waals surface area contributed by atoms with E-state index < -0.39 is 17.9 Å². The molecule has 0 aliphatic rings. The van der Waals surface area contributed by atoms with Crippen molar-refractivity contribution in [2.24, 2.45) is 7.05 Å². The Labute approximate surface area is 212 Å². The van der Waals surface area contributed by atoms with Gasteiger partial charge in [-0.05, 0) is 24.6 Å². The number of aromatic carboxylic acids is 1. The van der Waals surface area contributed by atoms with E-state index in [-0.39, 0.29) is 30.7 Å². The molecule has 3 aromatic rings. The monoisotopic (exact) mass is 515 g/mol. The quantitative estimate of drug-likeness (QED) is 0.321. The maximum Gasteiger partial charge on any atom is 0.352 e. The Hall–Kier alpha value is -4.54. The Morgan fingerprint density at radius 3 is 1.92 bits per heavy atom. The molecule has 11 nitrogen and oxygen atoms in total. The van der Waals surface area contributed by atoms with Crippen LogP contribution in [0.2, 0.25) is 0 Å². The number of benzene rings is 2. The number of aryl methyl sites for hydroxylation is 1. The van der Waals surface area contributed by atoms with Crippen LogP contribution in [0.15, 0.2) is 36.4 Å². The molecular formula is C26H29NO10. The van der Waals surface area contributed by atoms with Crippen LogP contribution in [-0.4, -0.2) is 64.9 Å². The van der Waals surface area contributed by atoms with E-state index in [1.165, 1.54) is 25.9 Å². The number of fused-ring (bicyclic) bond motifs is 1. The number of hydrogen-bond acceptors (Lipinski definition) is 7. The smallest absolute Gasteiger partial charge is 0.352 e. The van der Waals surface area contributed by atoms with Crippen LogP contribution in [0.25, 0.3) is 10.9 Å². The summed E-state index contributed by atoms with van der Waals surface area (Å²) in [6.07, 6.45) is 0.134. The summed E-state index contributed by atoms with van der Waals surface area (Å²) in [7, 11) is 6.04. The van der Waals surface area contributed by atoms with Gasteiger partial charge in [0.05, 0.1) is 27.8 Å². The zero-order valence-electron chi connectivity index (χ0n) is 20.9. The van der Waals surface area contributed by atoms with E-state index in [0.29, 0.717) is 40.2 Å². The molecule has 0 amide bonds. The number of carbonyl (C=O) groups is 4. The van der Waals surface area contributed by atoms with Crippen LogP contribution >= 0.6 is 0 Å². The van der Waals surface area contributed by atoms with Crippen molar-refractivity contribution >= 4 is 34.6 Å². The lowest BCUT2D eigenvalue weighted by Gasteiger charge is -2.13. The van der Waals surface area contributed by atoms with Gasteiger partial charge >= 0.3 is 17.9 Å². The van der Waals surface area contributed by atoms with Gasteiger partial charge in [0.15, 0.2) is 17.3 Å². The van der Waals surface area contributed by atoms with E-state index in [1.807, 2.05) is 0 Å². The highest BCUT2D eigenvalue weighted by molar-refractivity contribution is 6.00. The Kier molecular flexibility index (Phi) is 10.1. The van der Waals surface area contributed by atoms with E-state index in [2.05, 4.69) is 0 Å². The predicted octanol–water partition coefficient (Wildman–Crippen LogP) is 3.65. The van der Waals surface area contributed by atoms with Gasteiger partial charge in [0.2, 0.25) is 5.75 Å². The number of ether oxygens (including phenoxy) is 3. The second kappa shape index (κ2) is 13.0. The fourth-order valence-corrected chi connectivity index (χ4v) is 3.86. The van der Waals surface area contributed by atoms with Gasteiger partial charge in [0.25, 0.3) is 0 Å². The molecular weight excluding hydrogens is 486 g/mol. The van der Waals surface area contributed by atoms with Crippen LogP contribution < -0.4 is 14.2 Å². The summed E-state index contributed by atoms with van der Waals surface area (Å²) in [5, 5.41) is 27.2. The van der Waals surface area contributed by atoms with Crippen molar-refractivity contribution in [3.8, 4) is 17.2 Å². The van der Waals surface area contributed by atoms with Crippen LogP contribution in [0.1, 0.15) is 45.7 Å². The normalized spacial score (nSPS) is 10.3. The number of aliphatic carboxylic acids is 2. The summed E-state index contributed by atoms with van der Waals surface area (Å²) in [6, 6.07) is 10.2. The molecule has 198 valence electrons. The second-order valence-electron chi connectivity index (χ2n) is 7.86. The van der Waals surface area contributed by atoms with Gasteiger partial charge in [-0.3, -0.25) is 14.4 Å². The van der Waals surface area contributed by atoms with Crippen LogP contribution in [-0.2, 0) is 23.1 Å². The Bertz CT molecular complexity index is 1280. The van der Waals surface area contributed by atoms with E-state index >= 15 is 0 Å². The van der Waals surface area contributed by atoms with E-state index in [0.717, 1.165) is 5.52 Å². The Morgan fingerprint density at radius 1 is 0.838 bits per heavy atom. The van der Waals surface area contributed by atoms with Gasteiger partial charge in [0.1, 0.15) is 5.69 Å². The maximum atomic E-state index is 12.0. The molecule has 0 fully saturated rings. The predicted molar refractivity (Wildman–Crippen MR) is 133 cm³/mol. The molecule has 0 aliphatic carbocycles. The molecule has 3 N–H and O–H groups in total. The number of methoxy groups -OCH3 is 3. The second-order valence-corrected chi connectivity index (χ2v) is 7.86. The number of carboxylic acid groups (broad SMARTS) is 3. The summed E-state index contributed by atoms with van der Waals surface area (Å²) in [4.78, 5) is 44.4. The van der Waals surface area contributed by atoms with Gasteiger partial charge in [0, 0.05) is 41.9 Å². The average molecular weight is 516 g/mol. The molecule has 0 spiro atoms. The van der Waals surface area contributed by atoms with Crippen molar-refractivity contribution in [3.05, 3.63) is 53.2 Å². The lowest BCUT2D eigenvalue weighted by molar-refractivity contribution is -0.137. The van der Waals surface area contributed by atoms with E-state index in [9.17, 15) is 19.2 Å². The number of hydrogen-bond donors (Lipinski definition) is 3. The molecule has 0 radical (unpaired) electrons. The largest absolute Gasteiger partial charge is 0.493 e. The number of carboxylic acids is 3. The zero-order valence-corrected chi connectivity index (χ0v) is 20.9. The van der Waals surface area contributed by atoms with Gasteiger partial charge in [-0.25, -0.2) is 4.79 Å². The van der Waals surface area contributed by atoms with Crippen molar-refractivity contribution in [1.29, 1.82) is 0 Å². The Balaban J connectivity index is 0.000000263. The van der Waals surface area contributed by atoms with Crippen LogP contribution in [0.3, 0.4) is 0 Å². The number of aromatic nitrogens is 1. The molecule has 11 heteroatoms. The molecule has 0 bridgehead atoms. The van der Waals surface area contributed by atoms with Gasteiger partial charge in [-0.15, -0.1) is 0 Å². The zero-order chi connectivity index (χ0) is 27.7. The third kappa shape index (κ3) is 7.00. The minimum Gasteiger partial charge on any atom is -0.493 e. The van der Waals surface area contributed by atoms with Crippen LogP contribution in [0, 0.1) is 0 Å². The number of carbonyl (C=O) groups excluding carboxylic acids is 1. The summed E-state index contributed by atoms with van der Waals surface area (Å²) < 4.78 is 17.0. The highest BCUT2D eigenvalue weighted by atomic mass is 16.5. The van der Waals surface area contributed by atoms with Crippen LogP contribution in [0.5, 0.6) is 17.2 Å². The Morgan fingerprint density at radius 2 is 1.43 bits per heavy atom. The van der Waals surface area contributed by atoms with Crippen molar-refractivity contribution < 1.29 is 48.7 Å². The standard InChI is InChI=1S/C14H18O6.C12H11NO4/c1-18-11-7-9(8-12(19-2)14(11)20-3)10(15)5-4-6-13(16)17;1-13-9-5-3-2-4-7(9)8(6-10(14)15)11(13)12(16)17/h7-8H,4-6H2,1-3H3,(H,16,17);2-5H,6H2,1H3,(H,14,15)(H,16,17). The van der Waals surface area contributed by atoms with Gasteiger partial charge < -0.3 is 34.1 Å². The fraction of sp³-hybridized carbons (Fsp3) is 0.308. The summed E-state index contributed by atoms with van der Waals surface area (Å²) >= 11 is 0. The first-order valence-electron chi connectivity index (χ1n) is 11.1.